The lowest BCUT2D eigenvalue weighted by molar-refractivity contribution is 1.14. The van der Waals surface area contributed by atoms with Crippen molar-refractivity contribution < 1.29 is 0 Å². The van der Waals surface area contributed by atoms with Crippen molar-refractivity contribution in [1.82, 2.24) is 9.97 Å². The van der Waals surface area contributed by atoms with Crippen LogP contribution in [0.5, 0.6) is 0 Å². The number of anilines is 2. The molecule has 0 bridgehead atoms. The second-order valence-electron chi connectivity index (χ2n) is 4.71. The lowest BCUT2D eigenvalue weighted by atomic mass is 9.97. The highest BCUT2D eigenvalue weighted by Gasteiger charge is 2.07. The zero-order valence-corrected chi connectivity index (χ0v) is 11.3. The molecule has 0 aliphatic carbocycles. The topological polar surface area (TPSA) is 77.8 Å². The number of hydrogen-bond acceptors (Lipinski definition) is 4. The van der Waals surface area contributed by atoms with Gasteiger partial charge in [0, 0.05) is 5.39 Å². The van der Waals surface area contributed by atoms with Gasteiger partial charge in [-0.25, -0.2) is 4.98 Å². The van der Waals surface area contributed by atoms with Crippen LogP contribution in [0.1, 0.15) is 12.5 Å². The van der Waals surface area contributed by atoms with Gasteiger partial charge in [0.1, 0.15) is 5.82 Å². The number of fused-ring (bicyclic) bond motifs is 1. The molecule has 4 heteroatoms. The fourth-order valence-corrected chi connectivity index (χ4v) is 2.45. The number of nitrogen functional groups attached to an aromatic ring is 2. The van der Waals surface area contributed by atoms with Gasteiger partial charge in [-0.05, 0) is 35.2 Å². The largest absolute Gasteiger partial charge is 0.383 e. The van der Waals surface area contributed by atoms with Gasteiger partial charge in [0.15, 0.2) is 0 Å². The van der Waals surface area contributed by atoms with Crippen LogP contribution in [0.25, 0.3) is 22.0 Å². The summed E-state index contributed by atoms with van der Waals surface area (Å²) in [7, 11) is 0. The molecule has 0 radical (unpaired) electrons. The Morgan fingerprint density at radius 2 is 1.80 bits per heavy atom. The third-order valence-electron chi connectivity index (χ3n) is 3.45. The SMILES string of the molecule is CCc1ccccc1-c1ccc2c(N)nc(N)nc2c1. The van der Waals surface area contributed by atoms with E-state index in [2.05, 4.69) is 35.1 Å². The summed E-state index contributed by atoms with van der Waals surface area (Å²) >= 11 is 0. The van der Waals surface area contributed by atoms with E-state index >= 15 is 0 Å². The van der Waals surface area contributed by atoms with Crippen LogP contribution in [0.3, 0.4) is 0 Å². The molecule has 0 unspecified atom stereocenters. The Kier molecular flexibility index (Phi) is 2.99. The summed E-state index contributed by atoms with van der Waals surface area (Å²) in [5.41, 5.74) is 16.0. The van der Waals surface area contributed by atoms with Gasteiger partial charge in [0.25, 0.3) is 0 Å². The van der Waals surface area contributed by atoms with Crippen molar-refractivity contribution in [2.45, 2.75) is 13.3 Å². The number of aromatic nitrogens is 2. The summed E-state index contributed by atoms with van der Waals surface area (Å²) in [6.45, 7) is 2.15. The summed E-state index contributed by atoms with van der Waals surface area (Å²) in [6.07, 6.45) is 0.988. The lowest BCUT2D eigenvalue weighted by Gasteiger charge is -2.09. The maximum absolute atomic E-state index is 5.87. The normalized spacial score (nSPS) is 10.8. The number of hydrogen-bond donors (Lipinski definition) is 2. The molecule has 0 aliphatic heterocycles. The molecule has 0 amide bonds. The second-order valence-corrected chi connectivity index (χ2v) is 4.71. The number of nitrogens with two attached hydrogens (primary N) is 2. The van der Waals surface area contributed by atoms with E-state index in [4.69, 9.17) is 11.5 Å². The Morgan fingerprint density at radius 1 is 1.00 bits per heavy atom. The van der Waals surface area contributed by atoms with Crippen LogP contribution in [0, 0.1) is 0 Å². The van der Waals surface area contributed by atoms with Crippen molar-refractivity contribution in [2.75, 3.05) is 11.5 Å². The highest BCUT2D eigenvalue weighted by atomic mass is 15.0. The van der Waals surface area contributed by atoms with Crippen LogP contribution >= 0.6 is 0 Å². The predicted octanol–water partition coefficient (Wildman–Crippen LogP) is 3.02. The maximum Gasteiger partial charge on any atom is 0.222 e. The van der Waals surface area contributed by atoms with E-state index in [1.807, 2.05) is 24.3 Å². The van der Waals surface area contributed by atoms with Crippen LogP contribution in [0.15, 0.2) is 42.5 Å². The van der Waals surface area contributed by atoms with Crippen molar-refractivity contribution in [3.8, 4) is 11.1 Å². The quantitative estimate of drug-likeness (QED) is 0.745. The van der Waals surface area contributed by atoms with Gasteiger partial charge in [-0.2, -0.15) is 4.98 Å². The van der Waals surface area contributed by atoms with E-state index in [-0.39, 0.29) is 5.95 Å². The van der Waals surface area contributed by atoms with Crippen LogP contribution in [0.2, 0.25) is 0 Å². The van der Waals surface area contributed by atoms with E-state index in [1.54, 1.807) is 0 Å². The molecule has 0 saturated heterocycles. The minimum atomic E-state index is 0.205. The van der Waals surface area contributed by atoms with Crippen LogP contribution in [0.4, 0.5) is 11.8 Å². The van der Waals surface area contributed by atoms with E-state index < -0.39 is 0 Å². The van der Waals surface area contributed by atoms with Crippen molar-refractivity contribution in [1.29, 1.82) is 0 Å². The summed E-state index contributed by atoms with van der Waals surface area (Å²) in [4.78, 5) is 8.25. The molecule has 100 valence electrons. The van der Waals surface area contributed by atoms with E-state index in [0.717, 1.165) is 22.9 Å². The fourth-order valence-electron chi connectivity index (χ4n) is 2.45. The lowest BCUT2D eigenvalue weighted by Crippen LogP contribution is -2.00. The zero-order chi connectivity index (χ0) is 14.1. The molecule has 20 heavy (non-hydrogen) atoms. The van der Waals surface area contributed by atoms with Crippen molar-refractivity contribution in [3.05, 3.63) is 48.0 Å². The van der Waals surface area contributed by atoms with Gasteiger partial charge in [-0.1, -0.05) is 37.3 Å². The molecule has 1 aromatic heterocycles. The van der Waals surface area contributed by atoms with Gasteiger partial charge in [-0.15, -0.1) is 0 Å². The van der Waals surface area contributed by atoms with E-state index in [1.165, 1.54) is 11.1 Å². The third-order valence-corrected chi connectivity index (χ3v) is 3.45. The summed E-state index contributed by atoms with van der Waals surface area (Å²) in [6, 6.07) is 14.4. The number of rotatable bonds is 2. The molecule has 0 atom stereocenters. The van der Waals surface area contributed by atoms with Gasteiger partial charge in [-0.3, -0.25) is 0 Å². The molecule has 4 N–H and O–H groups in total. The smallest absolute Gasteiger partial charge is 0.222 e. The molecular weight excluding hydrogens is 248 g/mol. The van der Waals surface area contributed by atoms with Crippen molar-refractivity contribution >= 4 is 22.7 Å². The average molecular weight is 264 g/mol. The highest BCUT2D eigenvalue weighted by Crippen LogP contribution is 2.28. The molecule has 0 spiro atoms. The molecule has 2 aromatic carbocycles. The monoisotopic (exact) mass is 264 g/mol. The van der Waals surface area contributed by atoms with Crippen LogP contribution in [-0.2, 0) is 6.42 Å². The molecule has 0 fully saturated rings. The maximum atomic E-state index is 5.87. The molecular formula is C16H16N4. The molecule has 3 aromatic rings. The summed E-state index contributed by atoms with van der Waals surface area (Å²) < 4.78 is 0. The Balaban J connectivity index is 2.23. The van der Waals surface area contributed by atoms with Gasteiger partial charge in [0.05, 0.1) is 5.52 Å². The first-order chi connectivity index (χ1) is 9.69. The highest BCUT2D eigenvalue weighted by molar-refractivity contribution is 5.92. The van der Waals surface area contributed by atoms with E-state index in [9.17, 15) is 0 Å². The fraction of sp³-hybridized carbons (Fsp3) is 0.125. The predicted molar refractivity (Wildman–Crippen MR) is 83.2 cm³/mol. The van der Waals surface area contributed by atoms with Gasteiger partial charge < -0.3 is 11.5 Å². The number of benzene rings is 2. The molecule has 3 rings (SSSR count). The minimum Gasteiger partial charge on any atom is -0.383 e. The summed E-state index contributed by atoms with van der Waals surface area (Å²) in [5, 5.41) is 0.830. The van der Waals surface area contributed by atoms with Gasteiger partial charge in [0.2, 0.25) is 5.95 Å². The van der Waals surface area contributed by atoms with Crippen molar-refractivity contribution in [2.24, 2.45) is 0 Å². The Bertz CT molecular complexity index is 781. The minimum absolute atomic E-state index is 0.205. The standard InChI is InChI=1S/C16H16N4/c1-2-10-5-3-4-6-12(10)11-7-8-13-14(9-11)19-16(18)20-15(13)17/h3-9H,2H2,1H3,(H4,17,18,19,20). The molecule has 0 saturated carbocycles. The van der Waals surface area contributed by atoms with Gasteiger partial charge >= 0.3 is 0 Å². The van der Waals surface area contributed by atoms with Crippen LogP contribution < -0.4 is 11.5 Å². The zero-order valence-electron chi connectivity index (χ0n) is 11.3. The number of aryl methyl sites for hydroxylation is 1. The van der Waals surface area contributed by atoms with Crippen LogP contribution in [-0.4, -0.2) is 9.97 Å². The number of nitrogens with zero attached hydrogens (tertiary/aromatic N) is 2. The first-order valence-corrected chi connectivity index (χ1v) is 6.60. The third kappa shape index (κ3) is 2.05. The first kappa shape index (κ1) is 12.4. The average Bonchev–Trinajstić information content (AvgIpc) is 2.46. The molecule has 1 heterocycles. The molecule has 0 aliphatic rings. The Labute approximate surface area is 117 Å². The Hall–Kier alpha value is -2.62. The summed E-state index contributed by atoms with van der Waals surface area (Å²) in [5.74, 6) is 0.624. The van der Waals surface area contributed by atoms with Crippen molar-refractivity contribution in [3.63, 3.8) is 0 Å². The second kappa shape index (κ2) is 4.81. The van der Waals surface area contributed by atoms with E-state index in [0.29, 0.717) is 5.82 Å². The molecule has 4 nitrogen and oxygen atoms in total. The Morgan fingerprint density at radius 3 is 2.60 bits per heavy atom. The first-order valence-electron chi connectivity index (χ1n) is 6.60.